The normalized spacial score (nSPS) is 10.3. The van der Waals surface area contributed by atoms with Gasteiger partial charge in [-0.15, -0.1) is 0 Å². The van der Waals surface area contributed by atoms with Gasteiger partial charge in [-0.05, 0) is 31.2 Å². The predicted molar refractivity (Wildman–Crippen MR) is 77.8 cm³/mol. The van der Waals surface area contributed by atoms with E-state index in [0.29, 0.717) is 27.8 Å². The van der Waals surface area contributed by atoms with Crippen LogP contribution in [0, 0.1) is 6.92 Å². The summed E-state index contributed by atoms with van der Waals surface area (Å²) in [4.78, 5) is 16.2. The molecule has 0 unspecified atom stereocenters. The van der Waals surface area contributed by atoms with Gasteiger partial charge in [0.15, 0.2) is 0 Å². The summed E-state index contributed by atoms with van der Waals surface area (Å²) in [6.45, 7) is 1.75. The van der Waals surface area contributed by atoms with Crippen LogP contribution in [0.5, 0.6) is 0 Å². The lowest BCUT2D eigenvalue weighted by Gasteiger charge is -2.09. The third-order valence-corrected chi connectivity index (χ3v) is 3.21. The molecule has 3 N–H and O–H groups in total. The number of carbonyl (C=O) groups excluding carboxylic acids is 1. The fourth-order valence-corrected chi connectivity index (χ4v) is 1.98. The smallest absolute Gasteiger partial charge is 0.257 e. The van der Waals surface area contributed by atoms with E-state index in [9.17, 15) is 4.79 Å². The molecule has 2 aromatic rings. The highest BCUT2D eigenvalue weighted by atomic mass is 35.5. The standard InChI is InChI=1S/C13H11Cl2N3O/c1-7-10(5-6-11(14)17-7)18-13(19)8-3-2-4-9(16)12(8)15/h2-6H,16H2,1H3,(H,18,19). The van der Waals surface area contributed by atoms with Crippen molar-refractivity contribution in [1.82, 2.24) is 4.98 Å². The first-order chi connectivity index (χ1) is 8.99. The maximum absolute atomic E-state index is 12.1. The van der Waals surface area contributed by atoms with E-state index in [1.807, 2.05) is 0 Å². The second kappa shape index (κ2) is 5.47. The van der Waals surface area contributed by atoms with Crippen molar-refractivity contribution in [2.75, 3.05) is 11.1 Å². The fraction of sp³-hybridized carbons (Fsp3) is 0.0769. The number of amides is 1. The number of pyridine rings is 1. The van der Waals surface area contributed by atoms with Crippen LogP contribution in [-0.4, -0.2) is 10.9 Å². The largest absolute Gasteiger partial charge is 0.398 e. The fourth-order valence-electron chi connectivity index (χ4n) is 1.58. The molecule has 1 aromatic carbocycles. The minimum Gasteiger partial charge on any atom is -0.398 e. The first kappa shape index (κ1) is 13.6. The van der Waals surface area contributed by atoms with E-state index in [-0.39, 0.29) is 10.9 Å². The highest BCUT2D eigenvalue weighted by Crippen LogP contribution is 2.24. The van der Waals surface area contributed by atoms with Crippen LogP contribution in [0.15, 0.2) is 30.3 Å². The Kier molecular flexibility index (Phi) is 3.93. The summed E-state index contributed by atoms with van der Waals surface area (Å²) in [5, 5.41) is 3.33. The molecule has 0 saturated heterocycles. The highest BCUT2D eigenvalue weighted by Gasteiger charge is 2.13. The Bertz CT molecular complexity index is 644. The minimum atomic E-state index is -0.343. The van der Waals surface area contributed by atoms with Gasteiger partial charge in [0.05, 0.1) is 27.7 Å². The van der Waals surface area contributed by atoms with Crippen LogP contribution in [0.1, 0.15) is 16.1 Å². The zero-order valence-corrected chi connectivity index (χ0v) is 11.6. The van der Waals surface area contributed by atoms with Gasteiger partial charge in [-0.1, -0.05) is 29.3 Å². The molecule has 0 radical (unpaired) electrons. The Morgan fingerprint density at radius 3 is 2.68 bits per heavy atom. The first-order valence-electron chi connectivity index (χ1n) is 5.47. The maximum atomic E-state index is 12.1. The van der Waals surface area contributed by atoms with Crippen molar-refractivity contribution in [3.05, 3.63) is 51.8 Å². The van der Waals surface area contributed by atoms with Gasteiger partial charge in [-0.3, -0.25) is 4.79 Å². The molecule has 0 fully saturated rings. The lowest BCUT2D eigenvalue weighted by Crippen LogP contribution is -2.14. The first-order valence-corrected chi connectivity index (χ1v) is 6.23. The van der Waals surface area contributed by atoms with Gasteiger partial charge in [-0.25, -0.2) is 4.98 Å². The Hall–Kier alpha value is -1.78. The minimum absolute atomic E-state index is 0.236. The van der Waals surface area contributed by atoms with E-state index in [1.165, 1.54) is 0 Å². The average Bonchev–Trinajstić information content (AvgIpc) is 2.36. The van der Waals surface area contributed by atoms with Crippen molar-refractivity contribution in [1.29, 1.82) is 0 Å². The molecule has 0 bridgehead atoms. The Morgan fingerprint density at radius 2 is 2.00 bits per heavy atom. The molecule has 1 amide bonds. The SMILES string of the molecule is Cc1nc(Cl)ccc1NC(=O)c1cccc(N)c1Cl. The van der Waals surface area contributed by atoms with Crippen molar-refractivity contribution in [3.8, 4) is 0 Å². The summed E-state index contributed by atoms with van der Waals surface area (Å²) in [5.74, 6) is -0.343. The van der Waals surface area contributed by atoms with E-state index in [1.54, 1.807) is 37.3 Å². The number of anilines is 2. The molecule has 4 nitrogen and oxygen atoms in total. The van der Waals surface area contributed by atoms with Crippen LogP contribution in [0.2, 0.25) is 10.2 Å². The molecule has 19 heavy (non-hydrogen) atoms. The number of aromatic nitrogens is 1. The van der Waals surface area contributed by atoms with Gasteiger partial charge in [0, 0.05) is 0 Å². The number of hydrogen-bond donors (Lipinski definition) is 2. The molecule has 0 spiro atoms. The van der Waals surface area contributed by atoms with Crippen molar-refractivity contribution < 1.29 is 4.79 Å². The van der Waals surface area contributed by atoms with Crippen LogP contribution >= 0.6 is 23.2 Å². The Balaban J connectivity index is 2.28. The van der Waals surface area contributed by atoms with Crippen LogP contribution in [-0.2, 0) is 0 Å². The van der Waals surface area contributed by atoms with Gasteiger partial charge in [0.1, 0.15) is 5.15 Å². The molecule has 98 valence electrons. The number of nitrogens with zero attached hydrogens (tertiary/aromatic N) is 1. The molecule has 0 aliphatic rings. The summed E-state index contributed by atoms with van der Waals surface area (Å²) >= 11 is 11.8. The van der Waals surface area contributed by atoms with E-state index >= 15 is 0 Å². The zero-order chi connectivity index (χ0) is 14.0. The molecule has 0 aliphatic heterocycles. The number of nitrogen functional groups attached to an aromatic ring is 1. The van der Waals surface area contributed by atoms with E-state index < -0.39 is 0 Å². The number of halogens is 2. The number of aryl methyl sites for hydroxylation is 1. The van der Waals surface area contributed by atoms with Gasteiger partial charge >= 0.3 is 0 Å². The molecule has 1 aromatic heterocycles. The Morgan fingerprint density at radius 1 is 1.26 bits per heavy atom. The Labute approximate surface area is 120 Å². The maximum Gasteiger partial charge on any atom is 0.257 e. The summed E-state index contributed by atoms with van der Waals surface area (Å²) in [5.41, 5.74) is 7.54. The number of carbonyl (C=O) groups is 1. The van der Waals surface area contributed by atoms with E-state index in [4.69, 9.17) is 28.9 Å². The average molecular weight is 296 g/mol. The molecular formula is C13H11Cl2N3O. The highest BCUT2D eigenvalue weighted by molar-refractivity contribution is 6.36. The van der Waals surface area contributed by atoms with Crippen LogP contribution in [0.25, 0.3) is 0 Å². The predicted octanol–water partition coefficient (Wildman–Crippen LogP) is 3.53. The number of benzene rings is 1. The van der Waals surface area contributed by atoms with Crippen LogP contribution in [0.3, 0.4) is 0 Å². The molecular weight excluding hydrogens is 285 g/mol. The number of nitrogens with one attached hydrogen (secondary N) is 1. The number of nitrogens with two attached hydrogens (primary N) is 1. The summed E-state index contributed by atoms with van der Waals surface area (Å²) in [6, 6.07) is 8.19. The van der Waals surface area contributed by atoms with Crippen molar-refractivity contribution in [2.24, 2.45) is 0 Å². The third-order valence-electron chi connectivity index (χ3n) is 2.57. The van der Waals surface area contributed by atoms with Gasteiger partial charge < -0.3 is 11.1 Å². The van der Waals surface area contributed by atoms with Gasteiger partial charge in [-0.2, -0.15) is 0 Å². The third kappa shape index (κ3) is 2.97. The van der Waals surface area contributed by atoms with Crippen LogP contribution < -0.4 is 11.1 Å². The monoisotopic (exact) mass is 295 g/mol. The summed E-state index contributed by atoms with van der Waals surface area (Å²) < 4.78 is 0. The number of hydrogen-bond acceptors (Lipinski definition) is 3. The molecule has 2 rings (SSSR count). The van der Waals surface area contributed by atoms with E-state index in [0.717, 1.165) is 0 Å². The molecule has 1 heterocycles. The molecule has 6 heteroatoms. The topological polar surface area (TPSA) is 68.0 Å². The molecule has 0 aliphatic carbocycles. The lowest BCUT2D eigenvalue weighted by molar-refractivity contribution is 0.102. The summed E-state index contributed by atoms with van der Waals surface area (Å²) in [7, 11) is 0. The quantitative estimate of drug-likeness (QED) is 0.658. The van der Waals surface area contributed by atoms with Crippen molar-refractivity contribution in [2.45, 2.75) is 6.92 Å². The van der Waals surface area contributed by atoms with Crippen LogP contribution in [0.4, 0.5) is 11.4 Å². The second-order valence-electron chi connectivity index (χ2n) is 3.93. The molecule has 0 saturated carbocycles. The lowest BCUT2D eigenvalue weighted by atomic mass is 10.2. The van der Waals surface area contributed by atoms with E-state index in [2.05, 4.69) is 10.3 Å². The van der Waals surface area contributed by atoms with Crippen molar-refractivity contribution in [3.63, 3.8) is 0 Å². The van der Waals surface area contributed by atoms with Gasteiger partial charge in [0.2, 0.25) is 0 Å². The second-order valence-corrected chi connectivity index (χ2v) is 4.70. The van der Waals surface area contributed by atoms with Gasteiger partial charge in [0.25, 0.3) is 5.91 Å². The summed E-state index contributed by atoms with van der Waals surface area (Å²) in [6.07, 6.45) is 0. The number of rotatable bonds is 2. The molecule has 0 atom stereocenters. The van der Waals surface area contributed by atoms with Crippen molar-refractivity contribution >= 4 is 40.5 Å². The zero-order valence-electron chi connectivity index (χ0n) is 10.1.